The molecule has 206 valence electrons. The third-order valence-electron chi connectivity index (χ3n) is 7.05. The lowest BCUT2D eigenvalue weighted by atomic mass is 9.86. The van der Waals surface area contributed by atoms with E-state index < -0.39 is 41.1 Å². The first-order valence-corrected chi connectivity index (χ1v) is 12.3. The van der Waals surface area contributed by atoms with Gasteiger partial charge in [-0.25, -0.2) is 4.79 Å². The zero-order chi connectivity index (χ0) is 27.8. The van der Waals surface area contributed by atoms with E-state index in [4.69, 9.17) is 9.47 Å². The molecule has 3 rings (SSSR count). The molecule has 0 unspecified atom stereocenters. The SMILES string of the molecule is COC[C@@H](c1ccc(C(F)(F)F)cc1)N1C(=O)CN(C2(C)CCN(C(=O)OC(C)(C)C)CC2)C(=O)[C@@H]1C. The van der Waals surface area contributed by atoms with Crippen molar-refractivity contribution in [3.63, 3.8) is 0 Å². The second-order valence-electron chi connectivity index (χ2n) is 11.0. The number of likely N-dealkylation sites (tertiary alicyclic amines) is 1. The molecule has 0 radical (unpaired) electrons. The summed E-state index contributed by atoms with van der Waals surface area (Å²) < 4.78 is 49.8. The Morgan fingerprint density at radius 3 is 2.16 bits per heavy atom. The standard InChI is InChI=1S/C26H36F3N3O5/c1-17-22(34)31(25(5)11-13-30(14-12-25)23(35)37-24(2,3)4)15-21(33)32(17)20(16-36-6)18-7-9-19(10-8-18)26(27,28)29/h7-10,17,20H,11-16H2,1-6H3/t17-,20-/m0/s1. The van der Waals surface area contributed by atoms with Gasteiger partial charge >= 0.3 is 12.3 Å². The third kappa shape index (κ3) is 6.37. The number of hydrogen-bond acceptors (Lipinski definition) is 5. The van der Waals surface area contributed by atoms with Gasteiger partial charge in [-0.15, -0.1) is 0 Å². The Morgan fingerprint density at radius 1 is 1.11 bits per heavy atom. The van der Waals surface area contributed by atoms with Crippen LogP contribution in [0.15, 0.2) is 24.3 Å². The lowest BCUT2D eigenvalue weighted by molar-refractivity contribution is -0.166. The van der Waals surface area contributed by atoms with Crippen LogP contribution in [-0.4, -0.2) is 83.1 Å². The minimum absolute atomic E-state index is 0.0246. The van der Waals surface area contributed by atoms with E-state index >= 15 is 0 Å². The van der Waals surface area contributed by atoms with E-state index in [0.717, 1.165) is 12.1 Å². The van der Waals surface area contributed by atoms with Gasteiger partial charge in [0.2, 0.25) is 11.8 Å². The van der Waals surface area contributed by atoms with Crippen molar-refractivity contribution < 1.29 is 37.0 Å². The number of amides is 3. The van der Waals surface area contributed by atoms with Crippen molar-refractivity contribution in [1.82, 2.24) is 14.7 Å². The predicted octanol–water partition coefficient (Wildman–Crippen LogP) is 4.24. The molecule has 8 nitrogen and oxygen atoms in total. The maximum Gasteiger partial charge on any atom is 0.416 e. The van der Waals surface area contributed by atoms with Gasteiger partial charge < -0.3 is 24.2 Å². The zero-order valence-electron chi connectivity index (χ0n) is 22.2. The van der Waals surface area contributed by atoms with Gasteiger partial charge in [0.1, 0.15) is 18.2 Å². The summed E-state index contributed by atoms with van der Waals surface area (Å²) in [4.78, 5) is 44.0. The molecule has 37 heavy (non-hydrogen) atoms. The van der Waals surface area contributed by atoms with Gasteiger partial charge in [0.25, 0.3) is 0 Å². The fourth-order valence-electron chi connectivity index (χ4n) is 4.91. The zero-order valence-corrected chi connectivity index (χ0v) is 22.2. The Bertz CT molecular complexity index is 998. The van der Waals surface area contributed by atoms with Crippen LogP contribution in [0.25, 0.3) is 0 Å². The second-order valence-corrected chi connectivity index (χ2v) is 11.0. The summed E-state index contributed by atoms with van der Waals surface area (Å²) in [5.74, 6) is -0.564. The molecule has 11 heteroatoms. The molecular formula is C26H36F3N3O5. The molecule has 2 atom stereocenters. The average Bonchev–Trinajstić information content (AvgIpc) is 2.79. The molecule has 2 aliphatic rings. The Hall–Kier alpha value is -2.82. The Balaban J connectivity index is 1.76. The summed E-state index contributed by atoms with van der Waals surface area (Å²) >= 11 is 0. The van der Waals surface area contributed by atoms with Crippen molar-refractivity contribution in [3.05, 3.63) is 35.4 Å². The van der Waals surface area contributed by atoms with Crippen LogP contribution < -0.4 is 0 Å². The summed E-state index contributed by atoms with van der Waals surface area (Å²) in [6.07, 6.45) is -3.92. The van der Waals surface area contributed by atoms with Crippen LogP contribution in [0.3, 0.4) is 0 Å². The molecule has 0 aromatic heterocycles. The van der Waals surface area contributed by atoms with E-state index in [1.165, 1.54) is 24.1 Å². The molecule has 1 aromatic carbocycles. The van der Waals surface area contributed by atoms with Gasteiger partial charge in [0, 0.05) is 25.7 Å². The molecule has 0 aliphatic carbocycles. The van der Waals surface area contributed by atoms with Gasteiger partial charge in [0.15, 0.2) is 0 Å². The average molecular weight is 528 g/mol. The molecule has 2 saturated heterocycles. The number of rotatable bonds is 5. The highest BCUT2D eigenvalue weighted by atomic mass is 19.4. The Morgan fingerprint density at radius 2 is 1.68 bits per heavy atom. The van der Waals surface area contributed by atoms with Gasteiger partial charge in [-0.1, -0.05) is 12.1 Å². The largest absolute Gasteiger partial charge is 0.444 e. The number of nitrogens with zero attached hydrogens (tertiary/aromatic N) is 3. The number of piperidine rings is 1. The number of benzene rings is 1. The molecule has 0 spiro atoms. The van der Waals surface area contributed by atoms with Crippen LogP contribution in [0.5, 0.6) is 0 Å². The molecular weight excluding hydrogens is 491 g/mol. The Kier molecular flexibility index (Phi) is 8.16. The summed E-state index contributed by atoms with van der Waals surface area (Å²) in [6.45, 7) is 9.57. The summed E-state index contributed by atoms with van der Waals surface area (Å²) in [5.41, 5.74) is -1.58. The first-order chi connectivity index (χ1) is 17.1. The van der Waals surface area contributed by atoms with E-state index in [0.29, 0.717) is 31.5 Å². The fraction of sp³-hybridized carbons (Fsp3) is 0.654. The number of hydrogen-bond donors (Lipinski definition) is 0. The molecule has 1 aromatic rings. The molecule has 2 aliphatic heterocycles. The monoisotopic (exact) mass is 527 g/mol. The summed E-state index contributed by atoms with van der Waals surface area (Å²) in [7, 11) is 1.43. The van der Waals surface area contributed by atoms with Crippen LogP contribution in [0, 0.1) is 0 Å². The van der Waals surface area contributed by atoms with Gasteiger partial charge in [-0.2, -0.15) is 13.2 Å². The molecule has 0 bridgehead atoms. The molecule has 0 saturated carbocycles. The van der Waals surface area contributed by atoms with E-state index in [1.807, 2.05) is 6.92 Å². The number of halogens is 3. The molecule has 2 heterocycles. The highest BCUT2D eigenvalue weighted by Crippen LogP contribution is 2.36. The third-order valence-corrected chi connectivity index (χ3v) is 7.05. The smallest absolute Gasteiger partial charge is 0.416 e. The molecule has 0 N–H and O–H groups in total. The van der Waals surface area contributed by atoms with Gasteiger partial charge in [0.05, 0.1) is 18.2 Å². The Labute approximate surface area is 215 Å². The molecule has 3 amide bonds. The van der Waals surface area contributed by atoms with E-state index in [9.17, 15) is 27.6 Å². The van der Waals surface area contributed by atoms with E-state index in [-0.39, 0.29) is 25.0 Å². The number of alkyl halides is 3. The summed E-state index contributed by atoms with van der Waals surface area (Å²) in [6, 6.07) is 3.00. The maximum absolute atomic E-state index is 13.6. The van der Waals surface area contributed by atoms with Crippen molar-refractivity contribution >= 4 is 17.9 Å². The highest BCUT2D eigenvalue weighted by Gasteiger charge is 2.48. The van der Waals surface area contributed by atoms with Crippen molar-refractivity contribution in [2.75, 3.05) is 33.4 Å². The first-order valence-electron chi connectivity index (χ1n) is 12.3. The number of carbonyl (C=O) groups is 3. The van der Waals surface area contributed by atoms with Crippen molar-refractivity contribution in [3.8, 4) is 0 Å². The van der Waals surface area contributed by atoms with Gasteiger partial charge in [-0.05, 0) is 65.2 Å². The van der Waals surface area contributed by atoms with Crippen molar-refractivity contribution in [2.24, 2.45) is 0 Å². The predicted molar refractivity (Wildman–Crippen MR) is 130 cm³/mol. The van der Waals surface area contributed by atoms with Crippen LogP contribution >= 0.6 is 0 Å². The minimum atomic E-state index is -4.48. The second kappa shape index (κ2) is 10.5. The number of carbonyl (C=O) groups excluding carboxylic acids is 3. The van der Waals surface area contributed by atoms with Crippen molar-refractivity contribution in [2.45, 2.75) is 76.9 Å². The quantitative estimate of drug-likeness (QED) is 0.572. The van der Waals surface area contributed by atoms with E-state index in [1.54, 1.807) is 37.5 Å². The lowest BCUT2D eigenvalue weighted by Crippen LogP contribution is -2.67. The first kappa shape index (κ1) is 28.7. The topological polar surface area (TPSA) is 79.4 Å². The van der Waals surface area contributed by atoms with Crippen LogP contribution in [0.4, 0.5) is 18.0 Å². The fourth-order valence-corrected chi connectivity index (χ4v) is 4.91. The maximum atomic E-state index is 13.6. The molecule has 2 fully saturated rings. The number of methoxy groups -OCH3 is 1. The van der Waals surface area contributed by atoms with E-state index in [2.05, 4.69) is 0 Å². The van der Waals surface area contributed by atoms with Crippen LogP contribution in [-0.2, 0) is 25.2 Å². The van der Waals surface area contributed by atoms with Crippen molar-refractivity contribution in [1.29, 1.82) is 0 Å². The normalized spacial score (nSPS) is 21.8. The number of piperazine rings is 1. The van der Waals surface area contributed by atoms with Crippen LogP contribution in [0.1, 0.15) is 64.6 Å². The van der Waals surface area contributed by atoms with Gasteiger partial charge in [-0.3, -0.25) is 9.59 Å². The summed E-state index contributed by atoms with van der Waals surface area (Å²) in [5, 5.41) is 0. The lowest BCUT2D eigenvalue weighted by Gasteiger charge is -2.51. The highest BCUT2D eigenvalue weighted by molar-refractivity contribution is 5.95. The number of ether oxygens (including phenoxy) is 2. The minimum Gasteiger partial charge on any atom is -0.444 e. The van der Waals surface area contributed by atoms with Crippen LogP contribution in [0.2, 0.25) is 0 Å².